The summed E-state index contributed by atoms with van der Waals surface area (Å²) in [6.07, 6.45) is 3.57. The van der Waals surface area contributed by atoms with Crippen molar-refractivity contribution in [3.63, 3.8) is 0 Å². The molecule has 0 radical (unpaired) electrons. The molecule has 2 aromatic heterocycles. The second-order valence-corrected chi connectivity index (χ2v) is 8.22. The third-order valence-corrected chi connectivity index (χ3v) is 5.55. The Labute approximate surface area is 122 Å². The molecule has 0 aliphatic heterocycles. The van der Waals surface area contributed by atoms with Crippen molar-refractivity contribution >= 4 is 39.1 Å². The van der Waals surface area contributed by atoms with E-state index in [4.69, 9.17) is 10.7 Å². The van der Waals surface area contributed by atoms with E-state index in [2.05, 4.69) is 25.8 Å². The maximum absolute atomic E-state index is 6.19. The SMILES string of the molecule is CC(C)Sc1nc(N)c2c3c(sc2n1)CC[C@H](C)C3. The van der Waals surface area contributed by atoms with Gasteiger partial charge in [-0.2, -0.15) is 0 Å². The lowest BCUT2D eigenvalue weighted by Gasteiger charge is -2.18. The maximum atomic E-state index is 6.19. The highest BCUT2D eigenvalue weighted by atomic mass is 32.2. The number of fused-ring (bicyclic) bond motifs is 3. The Morgan fingerprint density at radius 2 is 2.16 bits per heavy atom. The minimum Gasteiger partial charge on any atom is -0.383 e. The summed E-state index contributed by atoms with van der Waals surface area (Å²) in [4.78, 5) is 11.7. The van der Waals surface area contributed by atoms with Gasteiger partial charge in [0, 0.05) is 10.1 Å². The van der Waals surface area contributed by atoms with E-state index in [9.17, 15) is 0 Å². The van der Waals surface area contributed by atoms with Crippen molar-refractivity contribution in [1.29, 1.82) is 0 Å². The predicted octanol–water partition coefficient (Wildman–Crippen LogP) is 3.90. The number of thiophene rings is 1. The van der Waals surface area contributed by atoms with Gasteiger partial charge in [-0.05, 0) is 30.7 Å². The number of nitrogens with two attached hydrogens (primary N) is 1. The summed E-state index contributed by atoms with van der Waals surface area (Å²) in [6, 6.07) is 0. The molecule has 0 amide bonds. The number of rotatable bonds is 2. The fraction of sp³-hybridized carbons (Fsp3) is 0.571. The van der Waals surface area contributed by atoms with E-state index < -0.39 is 0 Å². The Morgan fingerprint density at radius 3 is 2.89 bits per heavy atom. The van der Waals surface area contributed by atoms with Crippen molar-refractivity contribution < 1.29 is 0 Å². The van der Waals surface area contributed by atoms with Crippen LogP contribution in [0.15, 0.2) is 5.16 Å². The first-order valence-electron chi connectivity index (χ1n) is 6.79. The molecule has 2 heterocycles. The van der Waals surface area contributed by atoms with Crippen LogP contribution in [0.2, 0.25) is 0 Å². The van der Waals surface area contributed by atoms with Crippen molar-refractivity contribution in [2.75, 3.05) is 5.73 Å². The number of thioether (sulfide) groups is 1. The second-order valence-electron chi connectivity index (χ2n) is 5.59. The van der Waals surface area contributed by atoms with Crippen LogP contribution in [-0.4, -0.2) is 15.2 Å². The molecule has 1 atom stereocenters. The van der Waals surface area contributed by atoms with Gasteiger partial charge in [0.15, 0.2) is 5.16 Å². The lowest BCUT2D eigenvalue weighted by Crippen LogP contribution is -2.09. The number of aromatic nitrogens is 2. The van der Waals surface area contributed by atoms with Gasteiger partial charge in [-0.25, -0.2) is 9.97 Å². The number of anilines is 1. The molecule has 0 fully saturated rings. The molecule has 0 saturated heterocycles. The summed E-state index contributed by atoms with van der Waals surface area (Å²) in [5.41, 5.74) is 7.60. The third-order valence-electron chi connectivity index (χ3n) is 3.50. The van der Waals surface area contributed by atoms with Crippen LogP contribution in [0.3, 0.4) is 0 Å². The number of hydrogen-bond acceptors (Lipinski definition) is 5. The Bertz CT molecular complexity index is 619. The van der Waals surface area contributed by atoms with Crippen LogP contribution in [0.1, 0.15) is 37.6 Å². The van der Waals surface area contributed by atoms with E-state index in [1.165, 1.54) is 23.3 Å². The van der Waals surface area contributed by atoms with Crippen molar-refractivity contribution in [1.82, 2.24) is 9.97 Å². The quantitative estimate of drug-likeness (QED) is 0.674. The van der Waals surface area contributed by atoms with Gasteiger partial charge in [0.1, 0.15) is 10.6 Å². The molecule has 0 saturated carbocycles. The lowest BCUT2D eigenvalue weighted by molar-refractivity contribution is 0.508. The molecular weight excluding hydrogens is 274 g/mol. The van der Waals surface area contributed by atoms with Crippen LogP contribution in [0.5, 0.6) is 0 Å². The number of hydrogen-bond donors (Lipinski definition) is 1. The molecule has 0 bridgehead atoms. The normalized spacial score (nSPS) is 19.1. The molecule has 102 valence electrons. The first-order valence-corrected chi connectivity index (χ1v) is 8.48. The van der Waals surface area contributed by atoms with Gasteiger partial charge in [0.2, 0.25) is 0 Å². The van der Waals surface area contributed by atoms with E-state index in [0.29, 0.717) is 11.1 Å². The molecule has 1 aliphatic carbocycles. The third kappa shape index (κ3) is 2.46. The number of aryl methyl sites for hydroxylation is 1. The summed E-state index contributed by atoms with van der Waals surface area (Å²) in [5.74, 6) is 1.41. The first-order chi connectivity index (χ1) is 9.04. The minimum absolute atomic E-state index is 0.478. The van der Waals surface area contributed by atoms with Gasteiger partial charge in [-0.1, -0.05) is 32.5 Å². The molecule has 2 N–H and O–H groups in total. The minimum atomic E-state index is 0.478. The fourth-order valence-electron chi connectivity index (χ4n) is 2.62. The summed E-state index contributed by atoms with van der Waals surface area (Å²) in [7, 11) is 0. The maximum Gasteiger partial charge on any atom is 0.191 e. The molecule has 0 unspecified atom stereocenters. The van der Waals surface area contributed by atoms with Crippen molar-refractivity contribution in [2.24, 2.45) is 5.92 Å². The van der Waals surface area contributed by atoms with Crippen molar-refractivity contribution in [2.45, 2.75) is 50.4 Å². The first kappa shape index (κ1) is 13.2. The Balaban J connectivity index is 2.12. The van der Waals surface area contributed by atoms with E-state index in [1.807, 2.05) is 11.3 Å². The fourth-order valence-corrected chi connectivity index (χ4v) is 4.62. The summed E-state index contributed by atoms with van der Waals surface area (Å²) < 4.78 is 0. The average Bonchev–Trinajstić information content (AvgIpc) is 2.65. The Hall–Kier alpha value is -0.810. The van der Waals surface area contributed by atoms with E-state index in [-0.39, 0.29) is 0 Å². The highest BCUT2D eigenvalue weighted by Crippen LogP contribution is 2.40. The molecule has 0 aromatic carbocycles. The van der Waals surface area contributed by atoms with Gasteiger partial charge in [-0.3, -0.25) is 0 Å². The van der Waals surface area contributed by atoms with Crippen LogP contribution >= 0.6 is 23.1 Å². The molecule has 2 aromatic rings. The zero-order valence-electron chi connectivity index (χ0n) is 11.6. The zero-order valence-corrected chi connectivity index (χ0v) is 13.2. The van der Waals surface area contributed by atoms with Gasteiger partial charge < -0.3 is 5.73 Å². The summed E-state index contributed by atoms with van der Waals surface area (Å²) in [6.45, 7) is 6.61. The van der Waals surface area contributed by atoms with Gasteiger partial charge >= 0.3 is 0 Å². The molecule has 0 spiro atoms. The zero-order chi connectivity index (χ0) is 13.6. The second kappa shape index (κ2) is 4.94. The molecule has 19 heavy (non-hydrogen) atoms. The molecule has 1 aliphatic rings. The largest absolute Gasteiger partial charge is 0.383 e. The van der Waals surface area contributed by atoms with E-state index in [1.54, 1.807) is 11.8 Å². The van der Waals surface area contributed by atoms with Gasteiger partial charge in [0.05, 0.1) is 5.39 Å². The van der Waals surface area contributed by atoms with Crippen LogP contribution in [0, 0.1) is 5.92 Å². The van der Waals surface area contributed by atoms with Crippen molar-refractivity contribution in [3.05, 3.63) is 10.4 Å². The van der Waals surface area contributed by atoms with E-state index in [0.717, 1.165) is 27.7 Å². The average molecular weight is 293 g/mol. The number of nitrogen functional groups attached to an aromatic ring is 1. The molecular formula is C14H19N3S2. The summed E-state index contributed by atoms with van der Waals surface area (Å²) >= 11 is 3.49. The highest BCUT2D eigenvalue weighted by molar-refractivity contribution is 7.99. The lowest BCUT2D eigenvalue weighted by atomic mass is 9.89. The van der Waals surface area contributed by atoms with Crippen LogP contribution < -0.4 is 5.73 Å². The van der Waals surface area contributed by atoms with Crippen molar-refractivity contribution in [3.8, 4) is 0 Å². The highest BCUT2D eigenvalue weighted by Gasteiger charge is 2.23. The van der Waals surface area contributed by atoms with Crippen LogP contribution in [0.4, 0.5) is 5.82 Å². The van der Waals surface area contributed by atoms with Gasteiger partial charge in [-0.15, -0.1) is 11.3 Å². The molecule has 5 heteroatoms. The topological polar surface area (TPSA) is 51.8 Å². The molecule has 3 nitrogen and oxygen atoms in total. The van der Waals surface area contributed by atoms with Crippen LogP contribution in [0.25, 0.3) is 10.2 Å². The molecule has 3 rings (SSSR count). The van der Waals surface area contributed by atoms with Crippen LogP contribution in [-0.2, 0) is 12.8 Å². The Morgan fingerprint density at radius 1 is 1.37 bits per heavy atom. The smallest absolute Gasteiger partial charge is 0.191 e. The standard InChI is InChI=1S/C14H19N3S2/c1-7(2)18-14-16-12(15)11-9-6-8(3)4-5-10(9)19-13(11)17-14/h7-8H,4-6H2,1-3H3,(H2,15,16,17)/t8-/m0/s1. The number of nitrogens with zero attached hydrogens (tertiary/aromatic N) is 2. The summed E-state index contributed by atoms with van der Waals surface area (Å²) in [5, 5.41) is 2.41. The predicted molar refractivity (Wildman–Crippen MR) is 84.0 cm³/mol. The Kier molecular flexibility index (Phi) is 3.43. The van der Waals surface area contributed by atoms with E-state index >= 15 is 0 Å². The monoisotopic (exact) mass is 293 g/mol. The van der Waals surface area contributed by atoms with Gasteiger partial charge in [0.25, 0.3) is 0 Å².